The maximum atomic E-state index is 14.3. The number of benzene rings is 1. The molecule has 0 saturated heterocycles. The molecule has 5 nitrogen and oxygen atoms in total. The predicted molar refractivity (Wildman–Crippen MR) is 109 cm³/mol. The van der Waals surface area contributed by atoms with Crippen molar-refractivity contribution >= 4 is 5.97 Å². The van der Waals surface area contributed by atoms with Crippen LogP contribution in [0, 0.1) is 18.0 Å². The van der Waals surface area contributed by atoms with Crippen molar-refractivity contribution in [3.63, 3.8) is 0 Å². The third-order valence-corrected chi connectivity index (χ3v) is 5.10. The van der Waals surface area contributed by atoms with Crippen LogP contribution in [0.3, 0.4) is 0 Å². The van der Waals surface area contributed by atoms with Gasteiger partial charge in [-0.3, -0.25) is 9.97 Å². The molecule has 8 heteroatoms. The van der Waals surface area contributed by atoms with Crippen LogP contribution in [-0.2, 0) is 26.5 Å². The van der Waals surface area contributed by atoms with Crippen LogP contribution in [0.4, 0.5) is 8.78 Å². The largest absolute Gasteiger partial charge is 0.477 e. The first-order valence-corrected chi connectivity index (χ1v) is 9.37. The Morgan fingerprint density at radius 2 is 1.56 bits per heavy atom. The van der Waals surface area contributed by atoms with Crippen molar-refractivity contribution < 1.29 is 39.7 Å². The zero-order chi connectivity index (χ0) is 22.0. The van der Waals surface area contributed by atoms with E-state index in [4.69, 9.17) is 0 Å². The molecule has 3 heterocycles. The molecule has 1 aromatic carbocycles. The Labute approximate surface area is 197 Å². The molecule has 1 atom stereocenters. The van der Waals surface area contributed by atoms with Crippen molar-refractivity contribution in [2.45, 2.75) is 12.3 Å². The molecule has 0 radical (unpaired) electrons. The quantitative estimate of drug-likeness (QED) is 0.263. The molecule has 4 aromatic rings. The molecule has 3 aromatic heterocycles. The third-order valence-electron chi connectivity index (χ3n) is 5.10. The Kier molecular flexibility index (Phi) is 6.89. The summed E-state index contributed by atoms with van der Waals surface area (Å²) < 4.78 is 27.5. The second kappa shape index (κ2) is 9.45. The van der Waals surface area contributed by atoms with Gasteiger partial charge in [-0.1, -0.05) is 60.2 Å². The summed E-state index contributed by atoms with van der Waals surface area (Å²) in [4.78, 5) is 23.7. The fourth-order valence-corrected chi connectivity index (χ4v) is 3.44. The van der Waals surface area contributed by atoms with E-state index in [0.717, 1.165) is 11.6 Å². The molecule has 0 bridgehead atoms. The molecule has 0 aliphatic carbocycles. The number of hydrogen-bond acceptors (Lipinski definition) is 4. The Balaban J connectivity index is 0.00000289. The summed E-state index contributed by atoms with van der Waals surface area (Å²) in [6.45, 7) is 1.87. The van der Waals surface area contributed by atoms with E-state index < -0.39 is 23.3 Å². The first-order chi connectivity index (χ1) is 14.9. The van der Waals surface area contributed by atoms with Gasteiger partial charge in [0, 0.05) is 26.8 Å². The minimum atomic E-state index is -1.15. The molecule has 0 aliphatic rings. The predicted octanol–water partition coefficient (Wildman–Crippen LogP) is 4.67. The Morgan fingerprint density at radius 3 is 2.22 bits per heavy atom. The van der Waals surface area contributed by atoms with Gasteiger partial charge >= 0.3 is 5.97 Å². The summed E-state index contributed by atoms with van der Waals surface area (Å²) in [5, 5.41) is 9.40. The molecular formula is C24H16F2N3O2Pt-. The molecule has 0 saturated carbocycles. The fraction of sp³-hybridized carbons (Fsp3) is 0.0833. The van der Waals surface area contributed by atoms with Crippen LogP contribution in [0.25, 0.3) is 11.3 Å². The van der Waals surface area contributed by atoms with E-state index in [1.807, 2.05) is 37.3 Å². The number of pyridine rings is 3. The van der Waals surface area contributed by atoms with E-state index in [0.29, 0.717) is 11.4 Å². The summed E-state index contributed by atoms with van der Waals surface area (Å²) in [7, 11) is 0. The second-order valence-electron chi connectivity index (χ2n) is 7.00. The maximum absolute atomic E-state index is 14.3. The van der Waals surface area contributed by atoms with Crippen LogP contribution < -0.4 is 0 Å². The van der Waals surface area contributed by atoms with Gasteiger partial charge in [0.05, 0.1) is 11.1 Å². The van der Waals surface area contributed by atoms with Crippen molar-refractivity contribution in [3.05, 3.63) is 113 Å². The van der Waals surface area contributed by atoms with Crippen molar-refractivity contribution in [3.8, 4) is 11.3 Å². The van der Waals surface area contributed by atoms with Crippen LogP contribution in [0.1, 0.15) is 34.4 Å². The molecule has 0 spiro atoms. The first kappa shape index (κ1) is 23.4. The van der Waals surface area contributed by atoms with E-state index in [-0.39, 0.29) is 38.0 Å². The third kappa shape index (κ3) is 4.34. The van der Waals surface area contributed by atoms with Crippen LogP contribution in [0.15, 0.2) is 72.8 Å². The van der Waals surface area contributed by atoms with Gasteiger partial charge in [-0.2, -0.15) is 0 Å². The minimum Gasteiger partial charge on any atom is -0.477 e. The molecule has 1 N–H and O–H groups in total. The first-order valence-electron chi connectivity index (χ1n) is 9.37. The van der Waals surface area contributed by atoms with Crippen molar-refractivity contribution in [1.82, 2.24) is 15.0 Å². The van der Waals surface area contributed by atoms with Gasteiger partial charge in [0.25, 0.3) is 0 Å². The topological polar surface area (TPSA) is 76.0 Å². The fourth-order valence-electron chi connectivity index (χ4n) is 3.44. The van der Waals surface area contributed by atoms with Gasteiger partial charge in [-0.15, -0.1) is 6.07 Å². The molecule has 0 fully saturated rings. The summed E-state index contributed by atoms with van der Waals surface area (Å²) in [5.41, 5.74) is 0.889. The number of carboxylic acids is 1. The van der Waals surface area contributed by atoms with Gasteiger partial charge in [0.2, 0.25) is 0 Å². The van der Waals surface area contributed by atoms with E-state index in [1.54, 1.807) is 30.3 Å². The van der Waals surface area contributed by atoms with E-state index >= 15 is 0 Å². The van der Waals surface area contributed by atoms with Crippen molar-refractivity contribution in [2.24, 2.45) is 0 Å². The number of carboxylic acid groups (broad SMARTS) is 1. The van der Waals surface area contributed by atoms with Gasteiger partial charge < -0.3 is 5.11 Å². The average Bonchev–Trinajstić information content (AvgIpc) is 2.79. The van der Waals surface area contributed by atoms with E-state index in [1.165, 1.54) is 6.07 Å². The van der Waals surface area contributed by atoms with Crippen molar-refractivity contribution in [1.29, 1.82) is 0 Å². The average molecular weight is 611 g/mol. The normalized spacial score (nSPS) is 12.5. The summed E-state index contributed by atoms with van der Waals surface area (Å²) in [6.07, 6.45) is 0. The number of hydrogen-bond donors (Lipinski definition) is 1. The van der Waals surface area contributed by atoms with E-state index in [2.05, 4.69) is 21.0 Å². The molecule has 32 heavy (non-hydrogen) atoms. The number of carbonyl (C=O) groups is 1. The molecule has 4 rings (SSSR count). The molecule has 0 amide bonds. The van der Waals surface area contributed by atoms with Gasteiger partial charge in [0.15, 0.2) is 0 Å². The zero-order valence-corrected chi connectivity index (χ0v) is 19.0. The minimum absolute atomic E-state index is 0. The van der Waals surface area contributed by atoms with Crippen LogP contribution >= 0.6 is 0 Å². The molecule has 0 aliphatic heterocycles. The molecular weight excluding hydrogens is 595 g/mol. The smallest absolute Gasteiger partial charge is 0.354 e. The maximum Gasteiger partial charge on any atom is 0.354 e. The standard InChI is InChI=1S/C24H16F2N3O2.Pt/c1-24(15-7-3-2-4-8-15,20-12-6-10-18(28-20)23(30)31)19-11-5-9-17(27-19)16-13-14-21(25)29-22(16)26;/h2-12,14H,1H3,(H,30,31);/q-1;. The van der Waals surface area contributed by atoms with Crippen LogP contribution in [-0.4, -0.2) is 26.0 Å². The second-order valence-corrected chi connectivity index (χ2v) is 7.00. The Bertz CT molecular complexity index is 1270. The van der Waals surface area contributed by atoms with Crippen LogP contribution in [0.5, 0.6) is 0 Å². The van der Waals surface area contributed by atoms with E-state index in [9.17, 15) is 18.7 Å². The summed E-state index contributed by atoms with van der Waals surface area (Å²) in [6, 6.07) is 22.6. The molecule has 1 unspecified atom stereocenters. The molecule has 164 valence electrons. The summed E-state index contributed by atoms with van der Waals surface area (Å²) in [5.74, 6) is -3.13. The number of aromatic carboxylic acids is 1. The van der Waals surface area contributed by atoms with Crippen molar-refractivity contribution in [2.75, 3.05) is 0 Å². The Morgan fingerprint density at radius 1 is 0.906 bits per heavy atom. The number of nitrogens with zero attached hydrogens (tertiary/aromatic N) is 3. The number of halogens is 2. The zero-order valence-electron chi connectivity index (χ0n) is 16.7. The summed E-state index contributed by atoms with van der Waals surface area (Å²) >= 11 is 0. The van der Waals surface area contributed by atoms with Crippen LogP contribution in [0.2, 0.25) is 0 Å². The monoisotopic (exact) mass is 611 g/mol. The van der Waals surface area contributed by atoms with Gasteiger partial charge in [-0.25, -0.2) is 18.6 Å². The van der Waals surface area contributed by atoms with Gasteiger partial charge in [0.1, 0.15) is 17.6 Å². The number of rotatable bonds is 5. The Hall–Kier alpha value is -3.31. The number of aromatic nitrogens is 3. The van der Waals surface area contributed by atoms with Gasteiger partial charge in [-0.05, 0) is 36.4 Å². The SMILES string of the molecule is CC(c1ccccc1)(c1cccc(C(=O)O)n1)c1cccc(-c2[c-]cc(F)nc2F)n1.[Pt].